The van der Waals surface area contributed by atoms with Gasteiger partial charge in [0.2, 0.25) is 5.95 Å². The number of aromatic nitrogens is 4. The molecule has 1 saturated heterocycles. The molecule has 0 unspecified atom stereocenters. The van der Waals surface area contributed by atoms with Crippen molar-refractivity contribution >= 4 is 17.5 Å². The lowest BCUT2D eigenvalue weighted by Gasteiger charge is -2.20. The quantitative estimate of drug-likeness (QED) is 0.649. The predicted molar refractivity (Wildman–Crippen MR) is 119 cm³/mol. The summed E-state index contributed by atoms with van der Waals surface area (Å²) in [4.78, 5) is 27.6. The number of hydrogen-bond donors (Lipinski definition) is 1. The summed E-state index contributed by atoms with van der Waals surface area (Å²) < 4.78 is 22.2. The van der Waals surface area contributed by atoms with E-state index in [-0.39, 0.29) is 17.5 Å². The first-order valence-corrected chi connectivity index (χ1v) is 10.7. The van der Waals surface area contributed by atoms with Crippen LogP contribution in [0.2, 0.25) is 0 Å². The van der Waals surface area contributed by atoms with E-state index in [1.807, 2.05) is 13.0 Å². The molecule has 8 nitrogen and oxygen atoms in total. The van der Waals surface area contributed by atoms with Crippen LogP contribution >= 0.6 is 0 Å². The fourth-order valence-electron chi connectivity index (χ4n) is 3.87. The lowest BCUT2D eigenvalue weighted by molar-refractivity contribution is 0.0736. The standard InChI is InChI=1S/C23H27FN6O2/c1-15(2)30-16(3)26-14-21(30)20-7-8-25-23(28-20)27-17-5-6-18(19(24)13-17)22(31)29-9-4-11-32-12-10-29/h5-8,13-15H,4,9-12H2,1-3H3,(H,25,27,28). The second kappa shape index (κ2) is 9.44. The molecule has 2 aromatic heterocycles. The maximum absolute atomic E-state index is 14.8. The minimum Gasteiger partial charge on any atom is -0.380 e. The maximum atomic E-state index is 14.8. The van der Waals surface area contributed by atoms with Gasteiger partial charge in [0.15, 0.2) is 0 Å². The fourth-order valence-corrected chi connectivity index (χ4v) is 3.87. The van der Waals surface area contributed by atoms with Crippen molar-refractivity contribution in [2.45, 2.75) is 33.2 Å². The lowest BCUT2D eigenvalue weighted by Crippen LogP contribution is -2.33. The van der Waals surface area contributed by atoms with Gasteiger partial charge in [-0.05, 0) is 51.5 Å². The summed E-state index contributed by atoms with van der Waals surface area (Å²) in [6.07, 6.45) is 4.18. The van der Waals surface area contributed by atoms with Gasteiger partial charge in [0.25, 0.3) is 5.91 Å². The van der Waals surface area contributed by atoms with Gasteiger partial charge in [0, 0.05) is 37.6 Å². The molecule has 0 radical (unpaired) electrons. The molecule has 0 saturated carbocycles. The zero-order valence-corrected chi connectivity index (χ0v) is 18.5. The number of halogens is 1. The van der Waals surface area contributed by atoms with Crippen LogP contribution in [0.4, 0.5) is 16.0 Å². The molecule has 1 N–H and O–H groups in total. The number of hydrogen-bond acceptors (Lipinski definition) is 6. The highest BCUT2D eigenvalue weighted by atomic mass is 19.1. The SMILES string of the molecule is Cc1ncc(-c2ccnc(Nc3ccc(C(=O)N4CCCOCC4)c(F)c3)n2)n1C(C)C. The summed E-state index contributed by atoms with van der Waals surface area (Å²) in [7, 11) is 0. The third-order valence-corrected chi connectivity index (χ3v) is 5.38. The molecule has 1 aromatic carbocycles. The number of aryl methyl sites for hydroxylation is 1. The van der Waals surface area contributed by atoms with Gasteiger partial charge in [-0.3, -0.25) is 4.79 Å². The van der Waals surface area contributed by atoms with E-state index in [4.69, 9.17) is 4.74 Å². The van der Waals surface area contributed by atoms with Crippen LogP contribution in [0, 0.1) is 12.7 Å². The summed E-state index contributed by atoms with van der Waals surface area (Å²) in [6, 6.07) is 6.48. The molecule has 1 aliphatic heterocycles. The Hall–Kier alpha value is -3.33. The summed E-state index contributed by atoms with van der Waals surface area (Å²) in [5.41, 5.74) is 2.11. The van der Waals surface area contributed by atoms with Gasteiger partial charge in [-0.25, -0.2) is 19.3 Å². The van der Waals surface area contributed by atoms with E-state index in [1.54, 1.807) is 23.4 Å². The first-order valence-electron chi connectivity index (χ1n) is 10.7. The third kappa shape index (κ3) is 4.62. The summed E-state index contributed by atoms with van der Waals surface area (Å²) in [5, 5.41) is 3.03. The van der Waals surface area contributed by atoms with Crippen molar-refractivity contribution in [2.24, 2.45) is 0 Å². The number of rotatable bonds is 5. The highest BCUT2D eigenvalue weighted by Crippen LogP contribution is 2.25. The van der Waals surface area contributed by atoms with Crippen LogP contribution in [-0.2, 0) is 4.74 Å². The van der Waals surface area contributed by atoms with E-state index >= 15 is 0 Å². The Labute approximate surface area is 186 Å². The molecule has 3 heterocycles. The average Bonchev–Trinajstić information content (AvgIpc) is 2.97. The van der Waals surface area contributed by atoms with Crippen LogP contribution in [0.3, 0.4) is 0 Å². The minimum absolute atomic E-state index is 0.0448. The summed E-state index contributed by atoms with van der Waals surface area (Å²) >= 11 is 0. The lowest BCUT2D eigenvalue weighted by atomic mass is 10.1. The number of amides is 1. The van der Waals surface area contributed by atoms with Gasteiger partial charge in [-0.2, -0.15) is 0 Å². The number of carbonyl (C=O) groups excluding carboxylic acids is 1. The molecule has 3 aromatic rings. The van der Waals surface area contributed by atoms with Gasteiger partial charge in [0.1, 0.15) is 11.6 Å². The fraction of sp³-hybridized carbons (Fsp3) is 0.391. The monoisotopic (exact) mass is 438 g/mol. The number of nitrogens with one attached hydrogen (secondary N) is 1. The Morgan fingerprint density at radius 3 is 2.81 bits per heavy atom. The van der Waals surface area contributed by atoms with Gasteiger partial charge in [-0.15, -0.1) is 0 Å². The van der Waals surface area contributed by atoms with Gasteiger partial charge < -0.3 is 19.5 Å². The smallest absolute Gasteiger partial charge is 0.256 e. The normalized spacial score (nSPS) is 14.5. The molecule has 0 bridgehead atoms. The molecule has 9 heteroatoms. The van der Waals surface area contributed by atoms with Crippen LogP contribution in [-0.4, -0.2) is 56.6 Å². The van der Waals surface area contributed by atoms with Crippen LogP contribution in [0.1, 0.15) is 42.5 Å². The molecule has 32 heavy (non-hydrogen) atoms. The topological polar surface area (TPSA) is 85.2 Å². The number of nitrogens with zero attached hydrogens (tertiary/aromatic N) is 5. The molecule has 4 rings (SSSR count). The number of imidazole rings is 1. The Kier molecular flexibility index (Phi) is 6.45. The summed E-state index contributed by atoms with van der Waals surface area (Å²) in [6.45, 7) is 8.23. The van der Waals surface area contributed by atoms with Crippen LogP contribution < -0.4 is 5.32 Å². The highest BCUT2D eigenvalue weighted by Gasteiger charge is 2.21. The van der Waals surface area contributed by atoms with Crippen molar-refractivity contribution in [3.05, 3.63) is 53.9 Å². The maximum Gasteiger partial charge on any atom is 0.256 e. The van der Waals surface area contributed by atoms with E-state index in [0.29, 0.717) is 43.6 Å². The molecular formula is C23H27FN6O2. The molecular weight excluding hydrogens is 411 g/mol. The van der Waals surface area contributed by atoms with E-state index in [1.165, 1.54) is 12.1 Å². The van der Waals surface area contributed by atoms with Crippen molar-refractivity contribution in [1.82, 2.24) is 24.4 Å². The van der Waals surface area contributed by atoms with Crippen molar-refractivity contribution < 1.29 is 13.9 Å². The zero-order valence-electron chi connectivity index (χ0n) is 18.5. The van der Waals surface area contributed by atoms with E-state index in [9.17, 15) is 9.18 Å². The predicted octanol–water partition coefficient (Wildman–Crippen LogP) is 3.97. The Balaban J connectivity index is 1.53. The van der Waals surface area contributed by atoms with E-state index in [0.717, 1.165) is 17.9 Å². The van der Waals surface area contributed by atoms with Crippen LogP contribution in [0.5, 0.6) is 0 Å². The molecule has 0 atom stereocenters. The summed E-state index contributed by atoms with van der Waals surface area (Å²) in [5.74, 6) is 0.325. The average molecular weight is 439 g/mol. The number of anilines is 2. The van der Waals surface area contributed by atoms with E-state index < -0.39 is 5.82 Å². The van der Waals surface area contributed by atoms with Gasteiger partial charge in [-0.1, -0.05) is 0 Å². The first-order chi connectivity index (χ1) is 15.4. The third-order valence-electron chi connectivity index (χ3n) is 5.38. The van der Waals surface area contributed by atoms with Gasteiger partial charge in [0.05, 0.1) is 29.8 Å². The van der Waals surface area contributed by atoms with Crippen molar-refractivity contribution in [2.75, 3.05) is 31.6 Å². The van der Waals surface area contributed by atoms with Crippen molar-refractivity contribution in [3.63, 3.8) is 0 Å². The number of ether oxygens (including phenoxy) is 1. The highest BCUT2D eigenvalue weighted by molar-refractivity contribution is 5.95. The Morgan fingerprint density at radius 2 is 2.03 bits per heavy atom. The molecule has 0 aliphatic carbocycles. The second-order valence-electron chi connectivity index (χ2n) is 8.00. The molecule has 1 fully saturated rings. The van der Waals surface area contributed by atoms with Crippen LogP contribution in [0.25, 0.3) is 11.4 Å². The largest absolute Gasteiger partial charge is 0.380 e. The first kappa shape index (κ1) is 21.9. The number of carbonyl (C=O) groups is 1. The molecule has 1 aliphatic rings. The van der Waals surface area contributed by atoms with E-state index in [2.05, 4.69) is 38.7 Å². The zero-order chi connectivity index (χ0) is 22.7. The van der Waals surface area contributed by atoms with Crippen molar-refractivity contribution in [3.8, 4) is 11.4 Å². The molecule has 168 valence electrons. The van der Waals surface area contributed by atoms with Crippen molar-refractivity contribution in [1.29, 1.82) is 0 Å². The van der Waals surface area contributed by atoms with Gasteiger partial charge >= 0.3 is 0 Å². The molecule has 1 amide bonds. The number of benzene rings is 1. The molecule has 0 spiro atoms. The van der Waals surface area contributed by atoms with Crippen LogP contribution in [0.15, 0.2) is 36.7 Å². The Morgan fingerprint density at radius 1 is 1.19 bits per heavy atom. The Bertz CT molecular complexity index is 1110. The minimum atomic E-state index is -0.588. The second-order valence-corrected chi connectivity index (χ2v) is 8.00.